The summed E-state index contributed by atoms with van der Waals surface area (Å²) in [4.78, 5) is 20.2. The van der Waals surface area contributed by atoms with E-state index in [0.717, 1.165) is 38.5 Å². The standard InChI is InChI=1S/C13H22NO4P/c1-2-3-8-18-13(15)14-12-7-6-11(10-12)5-4-9-19(16)17/h10,12H,2-9H2,1H3,(H-,14,15,16,17)/p+1. The summed E-state index contributed by atoms with van der Waals surface area (Å²) in [5.74, 6) is 0. The van der Waals surface area contributed by atoms with Gasteiger partial charge in [0.15, 0.2) is 6.16 Å². The van der Waals surface area contributed by atoms with Crippen LogP contribution >= 0.6 is 8.03 Å². The molecule has 6 heteroatoms. The summed E-state index contributed by atoms with van der Waals surface area (Å²) in [7, 11) is -2.02. The molecule has 0 saturated heterocycles. The molecule has 108 valence electrons. The second-order valence-electron chi connectivity index (χ2n) is 4.78. The fraction of sp³-hybridized carbons (Fsp3) is 0.769. The van der Waals surface area contributed by atoms with Crippen LogP contribution in [0.15, 0.2) is 11.6 Å². The zero-order valence-corrected chi connectivity index (χ0v) is 12.3. The van der Waals surface area contributed by atoms with E-state index in [9.17, 15) is 9.36 Å². The van der Waals surface area contributed by atoms with E-state index in [0.29, 0.717) is 12.8 Å². The van der Waals surface area contributed by atoms with Crippen LogP contribution < -0.4 is 5.32 Å². The molecule has 0 saturated carbocycles. The van der Waals surface area contributed by atoms with Gasteiger partial charge >= 0.3 is 14.1 Å². The van der Waals surface area contributed by atoms with Crippen molar-refractivity contribution in [3.63, 3.8) is 0 Å². The molecule has 0 aliphatic heterocycles. The highest BCUT2D eigenvalue weighted by Crippen LogP contribution is 2.25. The van der Waals surface area contributed by atoms with E-state index >= 15 is 0 Å². The van der Waals surface area contributed by atoms with Crippen LogP contribution in [-0.2, 0) is 9.30 Å². The van der Waals surface area contributed by atoms with Crippen molar-refractivity contribution in [1.29, 1.82) is 0 Å². The number of allylic oxidation sites excluding steroid dienone is 1. The van der Waals surface area contributed by atoms with Crippen LogP contribution in [0.2, 0.25) is 0 Å². The molecule has 19 heavy (non-hydrogen) atoms. The maximum Gasteiger partial charge on any atom is 0.505 e. The lowest BCUT2D eigenvalue weighted by Crippen LogP contribution is -2.32. The second kappa shape index (κ2) is 9.05. The third-order valence-electron chi connectivity index (χ3n) is 3.09. The molecule has 2 atom stereocenters. The number of carbonyl (C=O) groups is 1. The van der Waals surface area contributed by atoms with Crippen molar-refractivity contribution < 1.29 is 19.0 Å². The smallest absolute Gasteiger partial charge is 0.450 e. The highest BCUT2D eigenvalue weighted by atomic mass is 31.1. The van der Waals surface area contributed by atoms with Crippen molar-refractivity contribution >= 4 is 14.1 Å². The van der Waals surface area contributed by atoms with Gasteiger partial charge in [-0.25, -0.2) is 4.79 Å². The molecule has 0 spiro atoms. The Morgan fingerprint density at radius 3 is 3.05 bits per heavy atom. The Balaban J connectivity index is 2.20. The van der Waals surface area contributed by atoms with Gasteiger partial charge in [-0.05, 0) is 36.7 Å². The summed E-state index contributed by atoms with van der Waals surface area (Å²) in [6, 6.07) is 0.0482. The van der Waals surface area contributed by atoms with Gasteiger partial charge in [0.25, 0.3) is 0 Å². The van der Waals surface area contributed by atoms with Gasteiger partial charge in [0.05, 0.1) is 12.6 Å². The zero-order valence-electron chi connectivity index (χ0n) is 11.4. The number of ether oxygens (including phenoxy) is 1. The zero-order chi connectivity index (χ0) is 14.1. The Morgan fingerprint density at radius 2 is 2.37 bits per heavy atom. The molecule has 0 aromatic carbocycles. The first kappa shape index (κ1) is 16.1. The molecule has 2 N–H and O–H groups in total. The van der Waals surface area contributed by atoms with E-state index in [1.807, 2.05) is 13.0 Å². The van der Waals surface area contributed by atoms with Crippen molar-refractivity contribution in [3.05, 3.63) is 11.6 Å². The number of alkyl carbamates (subject to hydrolysis) is 1. The van der Waals surface area contributed by atoms with E-state index in [1.54, 1.807) is 0 Å². The predicted octanol–water partition coefficient (Wildman–Crippen LogP) is 3.12. The first-order chi connectivity index (χ1) is 9.11. The minimum Gasteiger partial charge on any atom is -0.450 e. The Labute approximate surface area is 115 Å². The largest absolute Gasteiger partial charge is 0.505 e. The highest BCUT2D eigenvalue weighted by molar-refractivity contribution is 7.37. The lowest BCUT2D eigenvalue weighted by molar-refractivity contribution is 0.142. The Bertz CT molecular complexity index is 344. The molecule has 5 nitrogen and oxygen atoms in total. The molecule has 0 radical (unpaired) electrons. The number of hydrogen-bond acceptors (Lipinski definition) is 3. The first-order valence-electron chi connectivity index (χ1n) is 6.88. The van der Waals surface area contributed by atoms with Gasteiger partial charge in [0, 0.05) is 0 Å². The summed E-state index contributed by atoms with van der Waals surface area (Å²) in [5.41, 5.74) is 1.26. The molecule has 1 aliphatic rings. The summed E-state index contributed by atoms with van der Waals surface area (Å²) in [6.45, 7) is 2.52. The van der Waals surface area contributed by atoms with Crippen molar-refractivity contribution in [1.82, 2.24) is 5.32 Å². The third kappa shape index (κ3) is 7.28. The minimum atomic E-state index is -2.02. The van der Waals surface area contributed by atoms with Crippen LogP contribution in [0, 0.1) is 0 Å². The van der Waals surface area contributed by atoms with Crippen LogP contribution in [0.4, 0.5) is 4.79 Å². The summed E-state index contributed by atoms with van der Waals surface area (Å²) < 4.78 is 15.6. The topological polar surface area (TPSA) is 75.6 Å². The number of hydrogen-bond donors (Lipinski definition) is 2. The Hall–Kier alpha value is -0.930. The van der Waals surface area contributed by atoms with Crippen molar-refractivity contribution in [2.75, 3.05) is 12.8 Å². The van der Waals surface area contributed by atoms with Crippen molar-refractivity contribution in [2.45, 2.75) is 51.5 Å². The highest BCUT2D eigenvalue weighted by Gasteiger charge is 2.19. The lowest BCUT2D eigenvalue weighted by atomic mass is 10.1. The van der Waals surface area contributed by atoms with Crippen molar-refractivity contribution in [3.8, 4) is 0 Å². The van der Waals surface area contributed by atoms with Crippen LogP contribution in [0.3, 0.4) is 0 Å². The molecule has 0 fully saturated rings. The SMILES string of the molecule is CCCCOC(=O)NC1C=C(CCC[P+](=O)O)CC1. The molecule has 0 heterocycles. The maximum atomic E-state index is 11.4. The fourth-order valence-electron chi connectivity index (χ4n) is 2.06. The maximum absolute atomic E-state index is 11.4. The van der Waals surface area contributed by atoms with Gasteiger partial charge in [-0.3, -0.25) is 0 Å². The molecular weight excluding hydrogens is 265 g/mol. The lowest BCUT2D eigenvalue weighted by Gasteiger charge is -2.10. The Morgan fingerprint density at radius 1 is 1.58 bits per heavy atom. The molecule has 0 aromatic heterocycles. The number of carbonyl (C=O) groups excluding carboxylic acids is 1. The minimum absolute atomic E-state index is 0.0482. The van der Waals surface area contributed by atoms with Gasteiger partial charge in [-0.2, -0.15) is 4.89 Å². The quantitative estimate of drug-likeness (QED) is 0.409. The van der Waals surface area contributed by atoms with Crippen LogP contribution in [0.1, 0.15) is 45.4 Å². The average Bonchev–Trinajstić information content (AvgIpc) is 2.76. The van der Waals surface area contributed by atoms with Gasteiger partial charge in [0.2, 0.25) is 0 Å². The van der Waals surface area contributed by atoms with Crippen LogP contribution in [-0.4, -0.2) is 29.8 Å². The van der Waals surface area contributed by atoms with Gasteiger partial charge in [-0.1, -0.05) is 25.0 Å². The molecule has 2 unspecified atom stereocenters. The summed E-state index contributed by atoms with van der Waals surface area (Å²) >= 11 is 0. The monoisotopic (exact) mass is 288 g/mol. The average molecular weight is 288 g/mol. The van der Waals surface area contributed by atoms with Gasteiger partial charge < -0.3 is 10.1 Å². The number of unbranched alkanes of at least 4 members (excludes halogenated alkanes) is 1. The molecule has 1 amide bonds. The Kier molecular flexibility index (Phi) is 7.68. The van der Waals surface area contributed by atoms with Gasteiger partial charge in [-0.15, -0.1) is 0 Å². The number of amides is 1. The normalized spacial score (nSPS) is 18.9. The number of nitrogens with one attached hydrogen (secondary N) is 1. The number of rotatable bonds is 8. The predicted molar refractivity (Wildman–Crippen MR) is 74.4 cm³/mol. The van der Waals surface area contributed by atoms with E-state index in [4.69, 9.17) is 9.63 Å². The van der Waals surface area contributed by atoms with E-state index in [-0.39, 0.29) is 12.1 Å². The molecule has 1 aliphatic carbocycles. The molecule has 0 bridgehead atoms. The summed E-state index contributed by atoms with van der Waals surface area (Å²) in [5, 5.41) is 2.82. The third-order valence-corrected chi connectivity index (χ3v) is 3.79. The van der Waals surface area contributed by atoms with E-state index in [2.05, 4.69) is 5.32 Å². The molecule has 1 rings (SSSR count). The second-order valence-corrected chi connectivity index (χ2v) is 5.93. The summed E-state index contributed by atoms with van der Waals surface area (Å²) in [6.07, 6.45) is 7.35. The fourth-order valence-corrected chi connectivity index (χ4v) is 2.49. The van der Waals surface area contributed by atoms with E-state index < -0.39 is 8.03 Å². The van der Waals surface area contributed by atoms with Gasteiger partial charge in [0.1, 0.15) is 0 Å². The van der Waals surface area contributed by atoms with Crippen LogP contribution in [0.5, 0.6) is 0 Å². The molecular formula is C13H23NO4P+. The van der Waals surface area contributed by atoms with E-state index in [1.165, 1.54) is 5.57 Å². The molecule has 0 aromatic rings. The first-order valence-corrected chi connectivity index (χ1v) is 8.28. The van der Waals surface area contributed by atoms with Crippen molar-refractivity contribution in [2.24, 2.45) is 0 Å². The van der Waals surface area contributed by atoms with Crippen LogP contribution in [0.25, 0.3) is 0 Å².